The highest BCUT2D eigenvalue weighted by Crippen LogP contribution is 2.29. The number of carbonyl (C=O) groups excluding carboxylic acids is 1. The van der Waals surface area contributed by atoms with E-state index in [0.717, 1.165) is 11.3 Å². The first-order chi connectivity index (χ1) is 12.6. The van der Waals surface area contributed by atoms with Crippen molar-refractivity contribution in [3.8, 4) is 11.5 Å². The molecule has 3 heterocycles. The van der Waals surface area contributed by atoms with E-state index in [0.29, 0.717) is 31.3 Å². The molecule has 1 atom stereocenters. The molecule has 2 aromatic heterocycles. The van der Waals surface area contributed by atoms with Gasteiger partial charge in [0.05, 0.1) is 6.54 Å². The molecule has 8 heteroatoms. The third-order valence-electron chi connectivity index (χ3n) is 4.66. The van der Waals surface area contributed by atoms with Crippen molar-refractivity contribution in [3.05, 3.63) is 53.7 Å². The number of fused-ring (bicyclic) bond motifs is 1. The first-order valence-corrected chi connectivity index (χ1v) is 8.57. The molecule has 1 aliphatic rings. The summed E-state index contributed by atoms with van der Waals surface area (Å²) in [6.45, 7) is 5.23. The Morgan fingerprint density at radius 1 is 1.27 bits per heavy atom. The van der Waals surface area contributed by atoms with Crippen molar-refractivity contribution in [1.82, 2.24) is 29.4 Å². The second-order valence-corrected chi connectivity index (χ2v) is 6.34. The maximum absolute atomic E-state index is 13.4. The Kier molecular flexibility index (Phi) is 4.02. The second kappa shape index (κ2) is 6.36. The van der Waals surface area contributed by atoms with Gasteiger partial charge < -0.3 is 4.90 Å². The normalized spacial score (nSPS) is 16.8. The first kappa shape index (κ1) is 16.4. The summed E-state index contributed by atoms with van der Waals surface area (Å²) >= 11 is 0. The predicted molar refractivity (Wildman–Crippen MR) is 92.3 cm³/mol. The fraction of sp³-hybridized carbons (Fsp3) is 0.333. The average Bonchev–Trinajstić information content (AvgIpc) is 3.25. The fourth-order valence-electron chi connectivity index (χ4n) is 3.40. The number of rotatable bonds is 4. The molecule has 7 nitrogen and oxygen atoms in total. The van der Waals surface area contributed by atoms with E-state index in [1.165, 1.54) is 12.1 Å². The van der Waals surface area contributed by atoms with Crippen LogP contribution in [0.4, 0.5) is 4.39 Å². The molecule has 134 valence electrons. The number of aromatic nitrogens is 5. The summed E-state index contributed by atoms with van der Waals surface area (Å²) in [6, 6.07) is 7.74. The Hall–Kier alpha value is -3.03. The molecule has 0 N–H and O–H groups in total. The lowest BCUT2D eigenvalue weighted by molar-refractivity contribution is -0.137. The molecule has 1 aromatic carbocycles. The molecule has 1 aliphatic heterocycles. The van der Waals surface area contributed by atoms with Gasteiger partial charge >= 0.3 is 0 Å². The van der Waals surface area contributed by atoms with Crippen LogP contribution in [0.5, 0.6) is 0 Å². The van der Waals surface area contributed by atoms with Crippen molar-refractivity contribution >= 4 is 5.91 Å². The van der Waals surface area contributed by atoms with E-state index in [1.807, 2.05) is 35.2 Å². The molecule has 0 unspecified atom stereocenters. The zero-order chi connectivity index (χ0) is 18.3. The molecule has 0 radical (unpaired) electrons. The Balaban J connectivity index is 1.67. The van der Waals surface area contributed by atoms with Crippen LogP contribution in [0.15, 0.2) is 36.5 Å². The molecule has 0 aliphatic carbocycles. The van der Waals surface area contributed by atoms with E-state index in [-0.39, 0.29) is 11.7 Å². The van der Waals surface area contributed by atoms with Gasteiger partial charge in [-0.3, -0.25) is 14.0 Å². The molecule has 0 bridgehead atoms. The van der Waals surface area contributed by atoms with Gasteiger partial charge in [0.15, 0.2) is 11.6 Å². The monoisotopic (exact) mass is 354 g/mol. The standard InChI is InChI=1S/C18H19FN6O/c1-3-24-15(7-8-20-24)17-22-21-16-11-23(18(26)12(2)25(16)17)10-13-5-4-6-14(19)9-13/h4-9,12H,3,10-11H2,1-2H3/t12-/m0/s1. The van der Waals surface area contributed by atoms with Gasteiger partial charge in [0.1, 0.15) is 17.6 Å². The zero-order valence-corrected chi connectivity index (χ0v) is 14.6. The number of aryl methyl sites for hydroxylation is 1. The molecule has 0 saturated carbocycles. The minimum absolute atomic E-state index is 0.0367. The summed E-state index contributed by atoms with van der Waals surface area (Å²) in [5.74, 6) is 1.02. The molecule has 0 spiro atoms. The van der Waals surface area contributed by atoms with E-state index < -0.39 is 6.04 Å². The van der Waals surface area contributed by atoms with E-state index in [4.69, 9.17) is 0 Å². The van der Waals surface area contributed by atoms with Crippen LogP contribution in [0.25, 0.3) is 11.5 Å². The van der Waals surface area contributed by atoms with Crippen LogP contribution < -0.4 is 0 Å². The SMILES string of the molecule is CCn1nccc1-c1nnc2n1[C@@H](C)C(=O)N(Cc1cccc(F)c1)C2. The van der Waals surface area contributed by atoms with E-state index >= 15 is 0 Å². The minimum atomic E-state index is -0.433. The number of hydrogen-bond donors (Lipinski definition) is 0. The number of hydrogen-bond acceptors (Lipinski definition) is 4. The van der Waals surface area contributed by atoms with Gasteiger partial charge in [-0.15, -0.1) is 10.2 Å². The summed E-state index contributed by atoms with van der Waals surface area (Å²) in [6.07, 6.45) is 1.71. The van der Waals surface area contributed by atoms with Gasteiger partial charge in [-0.1, -0.05) is 12.1 Å². The predicted octanol–water partition coefficient (Wildman–Crippen LogP) is 2.40. The molecule has 0 saturated heterocycles. The minimum Gasteiger partial charge on any atom is -0.329 e. The fourth-order valence-corrected chi connectivity index (χ4v) is 3.40. The maximum Gasteiger partial charge on any atom is 0.246 e. The molecule has 1 amide bonds. The lowest BCUT2D eigenvalue weighted by Crippen LogP contribution is -2.41. The van der Waals surface area contributed by atoms with Gasteiger partial charge in [0.2, 0.25) is 5.91 Å². The van der Waals surface area contributed by atoms with E-state index in [1.54, 1.807) is 17.2 Å². The highest BCUT2D eigenvalue weighted by molar-refractivity contribution is 5.81. The van der Waals surface area contributed by atoms with Crippen LogP contribution in [-0.2, 0) is 24.4 Å². The van der Waals surface area contributed by atoms with Crippen molar-refractivity contribution in [3.63, 3.8) is 0 Å². The third-order valence-corrected chi connectivity index (χ3v) is 4.66. The summed E-state index contributed by atoms with van der Waals surface area (Å²) in [5, 5.41) is 12.9. The lowest BCUT2D eigenvalue weighted by atomic mass is 10.1. The van der Waals surface area contributed by atoms with Gasteiger partial charge in [-0.25, -0.2) is 4.39 Å². The molecule has 26 heavy (non-hydrogen) atoms. The average molecular weight is 354 g/mol. The zero-order valence-electron chi connectivity index (χ0n) is 14.6. The van der Waals surface area contributed by atoms with Crippen LogP contribution in [-0.4, -0.2) is 35.4 Å². The highest BCUT2D eigenvalue weighted by atomic mass is 19.1. The van der Waals surface area contributed by atoms with Crippen LogP contribution in [0.2, 0.25) is 0 Å². The lowest BCUT2D eigenvalue weighted by Gasteiger charge is -2.32. The summed E-state index contributed by atoms with van der Waals surface area (Å²) in [7, 11) is 0. The van der Waals surface area contributed by atoms with Crippen LogP contribution >= 0.6 is 0 Å². The van der Waals surface area contributed by atoms with Crippen LogP contribution in [0.1, 0.15) is 31.3 Å². The Bertz CT molecular complexity index is 962. The molecular weight excluding hydrogens is 335 g/mol. The van der Waals surface area contributed by atoms with Gasteiger partial charge in [0, 0.05) is 19.3 Å². The highest BCUT2D eigenvalue weighted by Gasteiger charge is 2.34. The summed E-state index contributed by atoms with van der Waals surface area (Å²) < 4.78 is 17.1. The van der Waals surface area contributed by atoms with Crippen LogP contribution in [0, 0.1) is 5.82 Å². The Morgan fingerprint density at radius 2 is 2.12 bits per heavy atom. The number of nitrogens with zero attached hydrogens (tertiary/aromatic N) is 6. The van der Waals surface area contributed by atoms with Crippen molar-refractivity contribution < 1.29 is 9.18 Å². The largest absolute Gasteiger partial charge is 0.329 e. The summed E-state index contributed by atoms with van der Waals surface area (Å²) in [4.78, 5) is 14.6. The van der Waals surface area contributed by atoms with E-state index in [9.17, 15) is 9.18 Å². The third kappa shape index (κ3) is 2.67. The second-order valence-electron chi connectivity index (χ2n) is 6.34. The number of carbonyl (C=O) groups is 1. The molecule has 4 rings (SSSR count). The van der Waals surface area contributed by atoms with Gasteiger partial charge in [0.25, 0.3) is 0 Å². The number of benzene rings is 1. The smallest absolute Gasteiger partial charge is 0.246 e. The van der Waals surface area contributed by atoms with Crippen molar-refractivity contribution in [2.45, 2.75) is 39.5 Å². The van der Waals surface area contributed by atoms with Crippen molar-refractivity contribution in [2.75, 3.05) is 0 Å². The Morgan fingerprint density at radius 3 is 2.88 bits per heavy atom. The maximum atomic E-state index is 13.4. The summed E-state index contributed by atoms with van der Waals surface area (Å²) in [5.41, 5.74) is 1.59. The first-order valence-electron chi connectivity index (χ1n) is 8.57. The quantitative estimate of drug-likeness (QED) is 0.721. The van der Waals surface area contributed by atoms with Gasteiger partial charge in [-0.05, 0) is 37.6 Å². The van der Waals surface area contributed by atoms with Gasteiger partial charge in [-0.2, -0.15) is 5.10 Å². The molecular formula is C18H19FN6O. The molecule has 3 aromatic rings. The number of halogens is 1. The topological polar surface area (TPSA) is 68.8 Å². The number of amides is 1. The van der Waals surface area contributed by atoms with Crippen molar-refractivity contribution in [2.24, 2.45) is 0 Å². The Labute approximate surface area is 150 Å². The molecule has 0 fully saturated rings. The van der Waals surface area contributed by atoms with Crippen LogP contribution in [0.3, 0.4) is 0 Å². The van der Waals surface area contributed by atoms with Crippen molar-refractivity contribution in [1.29, 1.82) is 0 Å². The van der Waals surface area contributed by atoms with E-state index in [2.05, 4.69) is 15.3 Å².